The van der Waals surface area contributed by atoms with Gasteiger partial charge in [-0.1, -0.05) is 6.07 Å². The molecule has 1 aromatic heterocycles. The molecule has 1 N–H and O–H groups in total. The molecule has 0 radical (unpaired) electrons. The number of nitrogens with one attached hydrogen (secondary N) is 1. The Morgan fingerprint density at radius 2 is 2.17 bits per heavy atom. The van der Waals surface area contributed by atoms with Gasteiger partial charge < -0.3 is 9.73 Å². The lowest BCUT2D eigenvalue weighted by atomic mass is 10.1. The summed E-state index contributed by atoms with van der Waals surface area (Å²) >= 11 is 4.25. The van der Waals surface area contributed by atoms with Gasteiger partial charge in [0.05, 0.1) is 12.3 Å². The zero-order chi connectivity index (χ0) is 13.1. The summed E-state index contributed by atoms with van der Waals surface area (Å²) in [7, 11) is 0. The van der Waals surface area contributed by atoms with Gasteiger partial charge in [0.25, 0.3) is 5.91 Å². The van der Waals surface area contributed by atoms with E-state index in [1.165, 1.54) is 0 Å². The summed E-state index contributed by atoms with van der Waals surface area (Å²) in [6.07, 6.45) is 1.59. The van der Waals surface area contributed by atoms with Crippen molar-refractivity contribution in [3.05, 3.63) is 53.5 Å². The van der Waals surface area contributed by atoms with E-state index in [-0.39, 0.29) is 11.9 Å². The van der Waals surface area contributed by atoms with Crippen molar-refractivity contribution in [3.63, 3.8) is 0 Å². The quantitative estimate of drug-likeness (QED) is 0.832. The van der Waals surface area contributed by atoms with Gasteiger partial charge in [-0.25, -0.2) is 0 Å². The minimum atomic E-state index is -0.157. The summed E-state index contributed by atoms with van der Waals surface area (Å²) in [6, 6.07) is 9.00. The summed E-state index contributed by atoms with van der Waals surface area (Å²) in [5, 5.41) is 2.90. The van der Waals surface area contributed by atoms with Gasteiger partial charge in [-0.05, 0) is 43.7 Å². The van der Waals surface area contributed by atoms with Crippen LogP contribution in [0.5, 0.6) is 0 Å². The average molecular weight is 261 g/mol. The number of carbonyl (C=O) groups excluding carboxylic acids is 1. The summed E-state index contributed by atoms with van der Waals surface area (Å²) in [5.74, 6) is 0.621. The summed E-state index contributed by atoms with van der Waals surface area (Å²) in [4.78, 5) is 12.9. The summed E-state index contributed by atoms with van der Waals surface area (Å²) in [6.45, 7) is 3.79. The Bertz CT molecular complexity index is 549. The number of carbonyl (C=O) groups is 1. The zero-order valence-corrected chi connectivity index (χ0v) is 11.2. The van der Waals surface area contributed by atoms with Crippen molar-refractivity contribution >= 4 is 18.5 Å². The number of amides is 1. The van der Waals surface area contributed by atoms with Gasteiger partial charge in [-0.3, -0.25) is 4.79 Å². The van der Waals surface area contributed by atoms with Gasteiger partial charge in [-0.2, -0.15) is 0 Å². The molecule has 1 heterocycles. The minimum Gasteiger partial charge on any atom is -0.467 e. The molecule has 0 aliphatic carbocycles. The first-order valence-corrected chi connectivity index (χ1v) is 6.16. The molecule has 1 aromatic carbocycles. The molecule has 1 atom stereocenters. The zero-order valence-electron chi connectivity index (χ0n) is 10.3. The van der Waals surface area contributed by atoms with Crippen LogP contribution in [-0.4, -0.2) is 5.91 Å². The van der Waals surface area contributed by atoms with E-state index in [2.05, 4.69) is 17.9 Å². The van der Waals surface area contributed by atoms with E-state index in [0.29, 0.717) is 5.56 Å². The van der Waals surface area contributed by atoms with E-state index in [4.69, 9.17) is 4.42 Å². The molecule has 0 aliphatic heterocycles. The molecule has 1 unspecified atom stereocenters. The maximum absolute atomic E-state index is 12.1. The van der Waals surface area contributed by atoms with E-state index in [0.717, 1.165) is 16.2 Å². The molecule has 18 heavy (non-hydrogen) atoms. The van der Waals surface area contributed by atoms with Gasteiger partial charge in [-0.15, -0.1) is 12.6 Å². The molecule has 0 aliphatic rings. The Balaban J connectivity index is 2.15. The molecule has 0 bridgehead atoms. The van der Waals surface area contributed by atoms with Crippen molar-refractivity contribution in [2.45, 2.75) is 24.8 Å². The van der Waals surface area contributed by atoms with Gasteiger partial charge in [0.15, 0.2) is 0 Å². The SMILES string of the molecule is Cc1ccc(S)cc1C(=O)NC(C)c1ccco1. The van der Waals surface area contributed by atoms with Crippen molar-refractivity contribution in [1.82, 2.24) is 5.32 Å². The highest BCUT2D eigenvalue weighted by Crippen LogP contribution is 2.17. The van der Waals surface area contributed by atoms with Crippen LogP contribution in [0.2, 0.25) is 0 Å². The van der Waals surface area contributed by atoms with Crippen LogP contribution < -0.4 is 5.32 Å². The predicted octanol–water partition coefficient (Wildman–Crippen LogP) is 3.37. The maximum Gasteiger partial charge on any atom is 0.252 e. The number of benzene rings is 1. The second-order valence-corrected chi connectivity index (χ2v) is 4.73. The predicted molar refractivity (Wildman–Crippen MR) is 73.0 cm³/mol. The third kappa shape index (κ3) is 2.76. The highest BCUT2D eigenvalue weighted by molar-refractivity contribution is 7.80. The Labute approximate surface area is 112 Å². The second-order valence-electron chi connectivity index (χ2n) is 4.21. The van der Waals surface area contributed by atoms with E-state index in [1.54, 1.807) is 18.4 Å². The Morgan fingerprint density at radius 1 is 1.39 bits per heavy atom. The Morgan fingerprint density at radius 3 is 2.83 bits per heavy atom. The molecule has 0 fully saturated rings. The molecular weight excluding hydrogens is 246 g/mol. The fraction of sp³-hybridized carbons (Fsp3) is 0.214. The Hall–Kier alpha value is -1.68. The van der Waals surface area contributed by atoms with Crippen molar-refractivity contribution in [2.75, 3.05) is 0 Å². The molecule has 94 valence electrons. The topological polar surface area (TPSA) is 42.2 Å². The van der Waals surface area contributed by atoms with Crippen molar-refractivity contribution in [1.29, 1.82) is 0 Å². The van der Waals surface area contributed by atoms with Crippen LogP contribution in [-0.2, 0) is 0 Å². The van der Waals surface area contributed by atoms with Gasteiger partial charge in [0.2, 0.25) is 0 Å². The molecule has 2 rings (SSSR count). The highest BCUT2D eigenvalue weighted by Gasteiger charge is 2.15. The molecule has 0 saturated carbocycles. The molecule has 0 spiro atoms. The average Bonchev–Trinajstić information content (AvgIpc) is 2.85. The summed E-state index contributed by atoms with van der Waals surface area (Å²) < 4.78 is 5.26. The van der Waals surface area contributed by atoms with Crippen LogP contribution in [0.4, 0.5) is 0 Å². The lowest BCUT2D eigenvalue weighted by molar-refractivity contribution is 0.0934. The molecule has 2 aromatic rings. The fourth-order valence-electron chi connectivity index (χ4n) is 1.74. The highest BCUT2D eigenvalue weighted by atomic mass is 32.1. The van der Waals surface area contributed by atoms with Crippen molar-refractivity contribution < 1.29 is 9.21 Å². The van der Waals surface area contributed by atoms with E-state index >= 15 is 0 Å². The smallest absolute Gasteiger partial charge is 0.252 e. The van der Waals surface area contributed by atoms with Crippen LogP contribution in [0.1, 0.15) is 34.6 Å². The molecule has 3 nitrogen and oxygen atoms in total. The molecule has 1 amide bonds. The molecular formula is C14H15NO2S. The van der Waals surface area contributed by atoms with E-state index in [1.807, 2.05) is 32.0 Å². The Kier molecular flexibility index (Phi) is 3.77. The number of hydrogen-bond acceptors (Lipinski definition) is 3. The first-order chi connectivity index (χ1) is 8.58. The fourth-order valence-corrected chi connectivity index (χ4v) is 1.94. The first kappa shape index (κ1) is 12.8. The number of hydrogen-bond donors (Lipinski definition) is 2. The monoisotopic (exact) mass is 261 g/mol. The third-order valence-electron chi connectivity index (χ3n) is 2.78. The van der Waals surface area contributed by atoms with Crippen LogP contribution in [0, 0.1) is 6.92 Å². The third-order valence-corrected chi connectivity index (χ3v) is 3.06. The first-order valence-electron chi connectivity index (χ1n) is 5.72. The number of thiol groups is 1. The lowest BCUT2D eigenvalue weighted by Gasteiger charge is -2.13. The van der Waals surface area contributed by atoms with Crippen molar-refractivity contribution in [2.24, 2.45) is 0 Å². The van der Waals surface area contributed by atoms with Gasteiger partial charge >= 0.3 is 0 Å². The largest absolute Gasteiger partial charge is 0.467 e. The summed E-state index contributed by atoms with van der Waals surface area (Å²) in [5.41, 5.74) is 1.57. The standard InChI is InChI=1S/C14H15NO2S/c1-9-5-6-11(18)8-12(9)14(16)15-10(2)13-4-3-7-17-13/h3-8,10,18H,1-2H3,(H,15,16). The van der Waals surface area contributed by atoms with Crippen molar-refractivity contribution in [3.8, 4) is 0 Å². The van der Waals surface area contributed by atoms with Crippen LogP contribution in [0.15, 0.2) is 45.9 Å². The lowest BCUT2D eigenvalue weighted by Crippen LogP contribution is -2.27. The normalized spacial score (nSPS) is 12.2. The molecule has 4 heteroatoms. The van der Waals surface area contributed by atoms with Gasteiger partial charge in [0, 0.05) is 10.5 Å². The van der Waals surface area contributed by atoms with Gasteiger partial charge in [0.1, 0.15) is 5.76 Å². The van der Waals surface area contributed by atoms with E-state index in [9.17, 15) is 4.79 Å². The van der Waals surface area contributed by atoms with E-state index < -0.39 is 0 Å². The number of aryl methyl sites for hydroxylation is 1. The second kappa shape index (κ2) is 5.31. The number of rotatable bonds is 3. The number of furan rings is 1. The maximum atomic E-state index is 12.1. The molecule has 0 saturated heterocycles. The van der Waals surface area contributed by atoms with Crippen LogP contribution in [0.3, 0.4) is 0 Å². The minimum absolute atomic E-state index is 0.118. The van der Waals surface area contributed by atoms with Crippen LogP contribution >= 0.6 is 12.6 Å². The van der Waals surface area contributed by atoms with Crippen LogP contribution in [0.25, 0.3) is 0 Å².